The van der Waals surface area contributed by atoms with Gasteiger partial charge in [-0.1, -0.05) is 30.3 Å². The Kier molecular flexibility index (Phi) is 4.09. The van der Waals surface area contributed by atoms with Crippen LogP contribution in [0.15, 0.2) is 61.1 Å². The molecule has 1 aliphatic rings. The van der Waals surface area contributed by atoms with Crippen LogP contribution >= 0.6 is 12.2 Å². The monoisotopic (exact) mass is 334 g/mol. The number of fused-ring (bicyclic) bond motifs is 1. The van der Waals surface area contributed by atoms with Crippen molar-refractivity contribution in [2.24, 2.45) is 0 Å². The lowest BCUT2D eigenvalue weighted by molar-refractivity contribution is 0.518. The molecule has 0 aliphatic carbocycles. The van der Waals surface area contributed by atoms with Gasteiger partial charge < -0.3 is 10.2 Å². The minimum atomic E-state index is 0.552. The van der Waals surface area contributed by atoms with Gasteiger partial charge in [-0.3, -0.25) is 0 Å². The smallest absolute Gasteiger partial charge is 0.173 e. The van der Waals surface area contributed by atoms with Crippen LogP contribution in [0.25, 0.3) is 10.9 Å². The predicted molar refractivity (Wildman–Crippen MR) is 101 cm³/mol. The number of anilines is 1. The average molecular weight is 334 g/mol. The molecule has 5 heteroatoms. The van der Waals surface area contributed by atoms with Gasteiger partial charge in [0.25, 0.3) is 0 Å². The van der Waals surface area contributed by atoms with Crippen molar-refractivity contribution in [3.63, 3.8) is 0 Å². The lowest BCUT2D eigenvalue weighted by atomic mass is 9.99. The van der Waals surface area contributed by atoms with Crippen LogP contribution in [0.3, 0.4) is 0 Å². The van der Waals surface area contributed by atoms with Gasteiger partial charge in [0.1, 0.15) is 6.33 Å². The van der Waals surface area contributed by atoms with E-state index in [0.717, 1.165) is 41.2 Å². The van der Waals surface area contributed by atoms with Gasteiger partial charge in [0.05, 0.1) is 5.52 Å². The Morgan fingerprint density at radius 1 is 1.17 bits per heavy atom. The maximum Gasteiger partial charge on any atom is 0.173 e. The minimum Gasteiger partial charge on any atom is -0.348 e. The molecule has 120 valence electrons. The summed E-state index contributed by atoms with van der Waals surface area (Å²) in [5.74, 6) is 0.552. The van der Waals surface area contributed by atoms with Crippen molar-refractivity contribution in [3.05, 3.63) is 66.6 Å². The van der Waals surface area contributed by atoms with Crippen molar-refractivity contribution in [3.8, 4) is 0 Å². The normalized spacial score (nSPS) is 17.2. The highest BCUT2D eigenvalue weighted by molar-refractivity contribution is 7.80. The molecular weight excluding hydrogens is 316 g/mol. The molecule has 0 saturated carbocycles. The van der Waals surface area contributed by atoms with Gasteiger partial charge in [0.15, 0.2) is 5.11 Å². The minimum absolute atomic E-state index is 0.552. The second kappa shape index (κ2) is 6.53. The molecule has 0 unspecified atom stereocenters. The van der Waals surface area contributed by atoms with Crippen molar-refractivity contribution in [1.82, 2.24) is 14.9 Å². The molecule has 4 nitrogen and oxygen atoms in total. The van der Waals surface area contributed by atoms with E-state index in [2.05, 4.69) is 50.5 Å². The number of likely N-dealkylation sites (tertiary alicyclic amines) is 1. The van der Waals surface area contributed by atoms with E-state index >= 15 is 0 Å². The first kappa shape index (κ1) is 15.0. The highest BCUT2D eigenvalue weighted by atomic mass is 32.1. The summed E-state index contributed by atoms with van der Waals surface area (Å²) < 4.78 is 0. The molecule has 1 aromatic heterocycles. The third kappa shape index (κ3) is 3.08. The highest BCUT2D eigenvalue weighted by Gasteiger charge is 2.25. The van der Waals surface area contributed by atoms with Crippen LogP contribution in [0, 0.1) is 0 Å². The molecule has 2 aromatic carbocycles. The third-order valence-electron chi connectivity index (χ3n) is 4.50. The molecular formula is C19H18N4S. The average Bonchev–Trinajstić information content (AvgIpc) is 3.13. The first-order valence-electron chi connectivity index (χ1n) is 8.10. The van der Waals surface area contributed by atoms with Gasteiger partial charge in [-0.05, 0) is 42.4 Å². The Hall–Kier alpha value is -2.53. The second-order valence-electron chi connectivity index (χ2n) is 6.07. The maximum atomic E-state index is 5.60. The summed E-state index contributed by atoms with van der Waals surface area (Å²) in [6.07, 6.45) is 4.52. The number of nitrogens with zero attached hydrogens (tertiary/aromatic N) is 3. The zero-order valence-corrected chi connectivity index (χ0v) is 14.0. The fourth-order valence-electron chi connectivity index (χ4n) is 3.21. The summed E-state index contributed by atoms with van der Waals surface area (Å²) in [6.45, 7) is 1.95. The molecule has 0 bridgehead atoms. The van der Waals surface area contributed by atoms with E-state index in [1.54, 1.807) is 6.33 Å². The SMILES string of the molecule is S=C(Nc1ccc2ncncc2c1)N1CC[C@@H](c2ccccc2)C1. The Labute approximate surface area is 146 Å². The molecule has 2 heterocycles. The van der Waals surface area contributed by atoms with E-state index in [4.69, 9.17) is 12.2 Å². The van der Waals surface area contributed by atoms with Crippen LogP contribution in [-0.2, 0) is 0 Å². The summed E-state index contributed by atoms with van der Waals surface area (Å²) in [6, 6.07) is 16.7. The standard InChI is InChI=1S/C19H18N4S/c24-19(22-17-6-7-18-16(10-17)11-20-13-21-18)23-9-8-15(12-23)14-4-2-1-3-5-14/h1-7,10-11,13,15H,8-9,12H2,(H,22,24)/t15-/m1/s1. The highest BCUT2D eigenvalue weighted by Crippen LogP contribution is 2.27. The van der Waals surface area contributed by atoms with Gasteiger partial charge in [0, 0.05) is 36.3 Å². The number of hydrogen-bond donors (Lipinski definition) is 1. The predicted octanol–water partition coefficient (Wildman–Crippen LogP) is 3.82. The van der Waals surface area contributed by atoms with E-state index < -0.39 is 0 Å². The van der Waals surface area contributed by atoms with Crippen LogP contribution in [-0.4, -0.2) is 33.1 Å². The fourth-order valence-corrected chi connectivity index (χ4v) is 3.49. The van der Waals surface area contributed by atoms with Crippen LogP contribution in [0.1, 0.15) is 17.9 Å². The zero-order valence-electron chi connectivity index (χ0n) is 13.2. The maximum absolute atomic E-state index is 5.60. The molecule has 0 spiro atoms. The number of hydrogen-bond acceptors (Lipinski definition) is 3. The lowest BCUT2D eigenvalue weighted by Gasteiger charge is -2.21. The van der Waals surface area contributed by atoms with Crippen LogP contribution in [0.2, 0.25) is 0 Å². The Bertz CT molecular complexity index is 865. The Morgan fingerprint density at radius 3 is 2.92 bits per heavy atom. The quantitative estimate of drug-likeness (QED) is 0.722. The third-order valence-corrected chi connectivity index (χ3v) is 4.86. The summed E-state index contributed by atoms with van der Waals surface area (Å²) in [5, 5.41) is 5.14. The Morgan fingerprint density at radius 2 is 2.04 bits per heavy atom. The van der Waals surface area contributed by atoms with Crippen LogP contribution in [0.5, 0.6) is 0 Å². The van der Waals surface area contributed by atoms with E-state index in [9.17, 15) is 0 Å². The molecule has 1 saturated heterocycles. The van der Waals surface area contributed by atoms with Crippen molar-refractivity contribution in [1.29, 1.82) is 0 Å². The molecule has 3 aromatic rings. The summed E-state index contributed by atoms with van der Waals surface area (Å²) >= 11 is 5.60. The van der Waals surface area contributed by atoms with E-state index in [-0.39, 0.29) is 0 Å². The van der Waals surface area contributed by atoms with Gasteiger partial charge in [0.2, 0.25) is 0 Å². The molecule has 1 atom stereocenters. The number of rotatable bonds is 2. The van der Waals surface area contributed by atoms with Gasteiger partial charge >= 0.3 is 0 Å². The van der Waals surface area contributed by atoms with Gasteiger partial charge in [-0.15, -0.1) is 0 Å². The first-order chi connectivity index (χ1) is 11.8. The topological polar surface area (TPSA) is 41.1 Å². The summed E-state index contributed by atoms with van der Waals surface area (Å²) in [7, 11) is 0. The van der Waals surface area contributed by atoms with E-state index in [1.165, 1.54) is 5.56 Å². The van der Waals surface area contributed by atoms with Gasteiger partial charge in [-0.25, -0.2) is 9.97 Å². The molecule has 4 rings (SSSR count). The first-order valence-corrected chi connectivity index (χ1v) is 8.51. The van der Waals surface area contributed by atoms with E-state index in [1.807, 2.05) is 24.4 Å². The molecule has 1 fully saturated rings. The largest absolute Gasteiger partial charge is 0.348 e. The summed E-state index contributed by atoms with van der Waals surface area (Å²) in [5.41, 5.74) is 3.31. The second-order valence-corrected chi connectivity index (χ2v) is 6.46. The van der Waals surface area contributed by atoms with Crippen molar-refractivity contribution >= 4 is 33.9 Å². The number of nitrogens with one attached hydrogen (secondary N) is 1. The molecule has 1 N–H and O–H groups in total. The van der Waals surface area contributed by atoms with Crippen molar-refractivity contribution < 1.29 is 0 Å². The number of aromatic nitrogens is 2. The summed E-state index contributed by atoms with van der Waals surface area (Å²) in [4.78, 5) is 10.6. The molecule has 0 radical (unpaired) electrons. The lowest BCUT2D eigenvalue weighted by Crippen LogP contribution is -2.32. The molecule has 1 aliphatic heterocycles. The van der Waals surface area contributed by atoms with E-state index in [0.29, 0.717) is 5.92 Å². The zero-order chi connectivity index (χ0) is 16.4. The van der Waals surface area contributed by atoms with Crippen LogP contribution < -0.4 is 5.32 Å². The van der Waals surface area contributed by atoms with Gasteiger partial charge in [-0.2, -0.15) is 0 Å². The number of thiocarbonyl (C=S) groups is 1. The molecule has 0 amide bonds. The van der Waals surface area contributed by atoms with Crippen LogP contribution in [0.4, 0.5) is 5.69 Å². The fraction of sp³-hybridized carbons (Fsp3) is 0.211. The Balaban J connectivity index is 1.44. The van der Waals surface area contributed by atoms with Crippen molar-refractivity contribution in [2.75, 3.05) is 18.4 Å². The number of benzene rings is 2. The molecule has 24 heavy (non-hydrogen) atoms. The van der Waals surface area contributed by atoms with Crippen molar-refractivity contribution in [2.45, 2.75) is 12.3 Å².